The first-order chi connectivity index (χ1) is 20.2. The van der Waals surface area contributed by atoms with Crippen LogP contribution in [-0.2, 0) is 21.8 Å². The number of amides is 1. The third-order valence-corrected chi connectivity index (χ3v) is 9.54. The molecular formula is C32H28FN3O4S2. The molecule has 0 spiro atoms. The van der Waals surface area contributed by atoms with E-state index in [-0.39, 0.29) is 28.4 Å². The predicted molar refractivity (Wildman–Crippen MR) is 161 cm³/mol. The van der Waals surface area contributed by atoms with E-state index in [0.717, 1.165) is 22.4 Å². The van der Waals surface area contributed by atoms with Crippen molar-refractivity contribution in [1.29, 1.82) is 0 Å². The monoisotopic (exact) mass is 601 g/mol. The van der Waals surface area contributed by atoms with Crippen LogP contribution in [0.4, 0.5) is 9.52 Å². The van der Waals surface area contributed by atoms with Gasteiger partial charge in [-0.25, -0.2) is 4.39 Å². The van der Waals surface area contributed by atoms with Gasteiger partial charge < -0.3 is 9.84 Å². The molecule has 1 fully saturated rings. The van der Waals surface area contributed by atoms with E-state index >= 15 is 0 Å². The molecule has 0 saturated carbocycles. The Morgan fingerprint density at radius 3 is 2.55 bits per heavy atom. The number of carbonyl (C=O) groups excluding carboxylic acids is 2. The maximum atomic E-state index is 13.6. The van der Waals surface area contributed by atoms with Crippen molar-refractivity contribution in [2.45, 2.75) is 55.3 Å². The van der Waals surface area contributed by atoms with E-state index in [2.05, 4.69) is 24.0 Å². The quantitative estimate of drug-likeness (QED) is 0.0798. The molecule has 42 heavy (non-hydrogen) atoms. The summed E-state index contributed by atoms with van der Waals surface area (Å²) < 4.78 is 19.7. The van der Waals surface area contributed by atoms with Crippen LogP contribution in [0.25, 0.3) is 5.76 Å². The minimum atomic E-state index is -0.891. The Labute approximate surface area is 251 Å². The lowest BCUT2D eigenvalue weighted by Crippen LogP contribution is -2.29. The summed E-state index contributed by atoms with van der Waals surface area (Å²) in [6, 6.07) is 18.3. The summed E-state index contributed by atoms with van der Waals surface area (Å²) in [5.41, 5.74) is 4.08. The molecule has 0 aliphatic carbocycles. The van der Waals surface area contributed by atoms with E-state index in [4.69, 9.17) is 4.74 Å². The lowest BCUT2D eigenvalue weighted by Gasteiger charge is -2.23. The van der Waals surface area contributed by atoms with Gasteiger partial charge in [0.2, 0.25) is 5.13 Å². The molecule has 1 aromatic heterocycles. The molecular weight excluding hydrogens is 574 g/mol. The topological polar surface area (TPSA) is 92.6 Å². The number of nitrogens with zero attached hydrogens (tertiary/aromatic N) is 3. The number of aliphatic hydroxyl groups is 1. The number of benzene rings is 3. The van der Waals surface area contributed by atoms with Crippen molar-refractivity contribution in [2.75, 3.05) is 4.90 Å². The molecule has 2 aliphatic rings. The van der Waals surface area contributed by atoms with Gasteiger partial charge in [-0.05, 0) is 65.4 Å². The second kappa shape index (κ2) is 11.3. The first-order valence-corrected chi connectivity index (χ1v) is 15.4. The Bertz CT molecular complexity index is 1700. The number of halogens is 1. The molecule has 2 aliphatic heterocycles. The van der Waals surface area contributed by atoms with Gasteiger partial charge >= 0.3 is 5.91 Å². The van der Waals surface area contributed by atoms with Crippen molar-refractivity contribution in [2.24, 2.45) is 0 Å². The average Bonchev–Trinajstić information content (AvgIpc) is 3.67. The van der Waals surface area contributed by atoms with Crippen molar-refractivity contribution in [3.05, 3.63) is 106 Å². The fourth-order valence-corrected chi connectivity index (χ4v) is 7.04. The van der Waals surface area contributed by atoms with E-state index in [9.17, 15) is 19.1 Å². The summed E-state index contributed by atoms with van der Waals surface area (Å²) >= 11 is 2.59. The lowest BCUT2D eigenvalue weighted by atomic mass is 9.93. The number of ether oxygens (including phenoxy) is 1. The highest BCUT2D eigenvalue weighted by Gasteiger charge is 2.48. The average molecular weight is 602 g/mol. The second-order valence-corrected chi connectivity index (χ2v) is 12.9. The molecule has 6 rings (SSSR count). The van der Waals surface area contributed by atoms with Gasteiger partial charge in [0.05, 0.1) is 11.6 Å². The van der Waals surface area contributed by atoms with Gasteiger partial charge in [0.1, 0.15) is 23.4 Å². The van der Waals surface area contributed by atoms with Crippen molar-refractivity contribution in [1.82, 2.24) is 10.2 Å². The van der Waals surface area contributed by atoms with Crippen LogP contribution in [0.1, 0.15) is 60.5 Å². The molecule has 0 radical (unpaired) electrons. The summed E-state index contributed by atoms with van der Waals surface area (Å²) in [4.78, 5) is 28.5. The number of anilines is 1. The highest BCUT2D eigenvalue weighted by Crippen LogP contribution is 2.45. The van der Waals surface area contributed by atoms with Crippen LogP contribution in [0.5, 0.6) is 5.75 Å². The van der Waals surface area contributed by atoms with E-state index in [1.807, 2.05) is 37.3 Å². The first kappa shape index (κ1) is 28.1. The molecule has 10 heteroatoms. The zero-order valence-corrected chi connectivity index (χ0v) is 24.8. The highest BCUT2D eigenvalue weighted by molar-refractivity contribution is 8.00. The Hall–Kier alpha value is -4.02. The normalized spacial score (nSPS) is 19.4. The number of ketones is 1. The third kappa shape index (κ3) is 5.32. The molecule has 214 valence electrons. The summed E-state index contributed by atoms with van der Waals surface area (Å²) in [5, 5.41) is 20.3. The summed E-state index contributed by atoms with van der Waals surface area (Å²) in [6.45, 7) is 6.15. The Balaban J connectivity index is 1.39. The lowest BCUT2D eigenvalue weighted by molar-refractivity contribution is -0.132. The minimum absolute atomic E-state index is 0.0000686. The molecule has 1 saturated heterocycles. The van der Waals surface area contributed by atoms with Crippen LogP contribution in [0.3, 0.4) is 0 Å². The van der Waals surface area contributed by atoms with Gasteiger partial charge in [0.15, 0.2) is 4.34 Å². The number of aliphatic hydroxyl groups excluding tert-OH is 1. The van der Waals surface area contributed by atoms with Crippen LogP contribution in [0, 0.1) is 5.82 Å². The van der Waals surface area contributed by atoms with Crippen molar-refractivity contribution in [3.8, 4) is 5.75 Å². The van der Waals surface area contributed by atoms with Crippen LogP contribution >= 0.6 is 23.1 Å². The molecule has 0 unspecified atom stereocenters. The van der Waals surface area contributed by atoms with E-state index in [1.54, 1.807) is 24.3 Å². The van der Waals surface area contributed by atoms with Crippen LogP contribution in [-0.4, -0.2) is 33.1 Å². The van der Waals surface area contributed by atoms with Crippen LogP contribution < -0.4 is 9.64 Å². The first-order valence-electron chi connectivity index (χ1n) is 13.6. The molecule has 4 aromatic rings. The summed E-state index contributed by atoms with van der Waals surface area (Å²) in [7, 11) is 0. The number of Topliss-reactive ketones (excluding diaryl/α,β-unsaturated/α-hetero) is 1. The van der Waals surface area contributed by atoms with Crippen LogP contribution in [0.15, 0.2) is 76.6 Å². The summed E-state index contributed by atoms with van der Waals surface area (Å²) in [5.74, 6) is -0.530. The number of hydrogen-bond acceptors (Lipinski definition) is 8. The van der Waals surface area contributed by atoms with Gasteiger partial charge in [0, 0.05) is 17.7 Å². The smallest absolute Gasteiger partial charge is 0.301 e. The number of rotatable bonds is 7. The van der Waals surface area contributed by atoms with Crippen molar-refractivity contribution in [3.63, 3.8) is 0 Å². The van der Waals surface area contributed by atoms with E-state index < -0.39 is 17.7 Å². The fraction of sp³-hybridized carbons (Fsp3) is 0.250. The van der Waals surface area contributed by atoms with Crippen molar-refractivity contribution >= 4 is 45.7 Å². The maximum absolute atomic E-state index is 13.6. The van der Waals surface area contributed by atoms with E-state index in [1.165, 1.54) is 40.1 Å². The van der Waals surface area contributed by atoms with Crippen LogP contribution in [0.2, 0.25) is 0 Å². The van der Waals surface area contributed by atoms with Gasteiger partial charge in [-0.15, -0.1) is 10.2 Å². The van der Waals surface area contributed by atoms with E-state index in [0.29, 0.717) is 33.6 Å². The number of fused-ring (bicyclic) bond motifs is 1. The number of aromatic nitrogens is 2. The Kier molecular flexibility index (Phi) is 7.59. The van der Waals surface area contributed by atoms with Gasteiger partial charge in [-0.1, -0.05) is 73.3 Å². The molecule has 7 nitrogen and oxygen atoms in total. The SMILES string of the molecule is CC(C)c1ccc([C@@H]2/C(=C(\O)c3ccc4c(c3)C[C@@H](C)O4)C(=O)C(=O)N2c2nnc(SCc3ccc(F)cc3)s2)cc1. The maximum Gasteiger partial charge on any atom is 0.301 e. The standard InChI is InChI=1S/C32H28FN3O4S2/c1-17(2)20-6-8-21(9-7-20)27-26(28(37)22-10-13-25-23(15-22)14-18(3)40-25)29(38)30(39)36(27)31-34-35-32(42-31)41-16-19-4-11-24(33)12-5-19/h4-13,15,17-18,27,37H,14,16H2,1-3H3/b28-26+/t18-,27-/m1/s1. The van der Waals surface area contributed by atoms with Gasteiger partial charge in [-0.3, -0.25) is 14.5 Å². The Morgan fingerprint density at radius 2 is 1.83 bits per heavy atom. The molecule has 3 aromatic carbocycles. The van der Waals surface area contributed by atoms with Gasteiger partial charge in [-0.2, -0.15) is 0 Å². The van der Waals surface area contributed by atoms with Crippen molar-refractivity contribution < 1.29 is 23.8 Å². The predicted octanol–water partition coefficient (Wildman–Crippen LogP) is 7.04. The number of thioether (sulfide) groups is 1. The molecule has 1 N–H and O–H groups in total. The number of hydrogen-bond donors (Lipinski definition) is 1. The summed E-state index contributed by atoms with van der Waals surface area (Å²) in [6.07, 6.45) is 0.712. The minimum Gasteiger partial charge on any atom is -0.507 e. The second-order valence-electron chi connectivity index (χ2n) is 10.7. The Morgan fingerprint density at radius 1 is 1.10 bits per heavy atom. The molecule has 0 bridgehead atoms. The zero-order valence-electron chi connectivity index (χ0n) is 23.2. The molecule has 1 amide bonds. The van der Waals surface area contributed by atoms with Gasteiger partial charge in [0.25, 0.3) is 5.78 Å². The third-order valence-electron chi connectivity index (χ3n) is 7.41. The zero-order chi connectivity index (χ0) is 29.5. The number of carbonyl (C=O) groups is 2. The fourth-order valence-electron chi connectivity index (χ4n) is 5.22. The largest absolute Gasteiger partial charge is 0.507 e. The molecule has 3 heterocycles. The molecule has 2 atom stereocenters. The highest BCUT2D eigenvalue weighted by atomic mass is 32.2.